The maximum absolute atomic E-state index is 12.6. The predicted molar refractivity (Wildman–Crippen MR) is 104 cm³/mol. The fourth-order valence-electron chi connectivity index (χ4n) is 2.32. The number of carbonyl (C=O) groups excluding carboxylic acids is 4. The molecular weight excluding hydrogens is 418 g/mol. The Labute approximate surface area is 177 Å². The number of primary amides is 1. The lowest BCUT2D eigenvalue weighted by Gasteiger charge is -2.26. The SMILES string of the molecule is CC(C)[C@H](NC(=O)[C@H](CC(=O)O)NC(=O)[C@@H](N)[C@@H](C)O)C(=O)N[C@@H](CC(N)=O)C(=O)O. The first-order valence-corrected chi connectivity index (χ1v) is 9.25. The zero-order valence-corrected chi connectivity index (χ0v) is 17.3. The minimum atomic E-state index is -1.64. The molecule has 0 saturated carbocycles. The molecular formula is C17H29N5O9. The molecule has 14 heteroatoms. The van der Waals surface area contributed by atoms with Crippen LogP contribution in [0.1, 0.15) is 33.6 Å². The fourth-order valence-corrected chi connectivity index (χ4v) is 2.32. The summed E-state index contributed by atoms with van der Waals surface area (Å²) in [7, 11) is 0. The third-order valence-corrected chi connectivity index (χ3v) is 4.10. The maximum Gasteiger partial charge on any atom is 0.326 e. The van der Waals surface area contributed by atoms with E-state index >= 15 is 0 Å². The van der Waals surface area contributed by atoms with E-state index in [4.69, 9.17) is 21.7 Å². The average Bonchev–Trinajstić information content (AvgIpc) is 2.62. The zero-order chi connectivity index (χ0) is 24.5. The van der Waals surface area contributed by atoms with E-state index in [1.807, 2.05) is 0 Å². The topological polar surface area (TPSA) is 251 Å². The highest BCUT2D eigenvalue weighted by molar-refractivity contribution is 5.96. The lowest BCUT2D eigenvalue weighted by Crippen LogP contribution is -2.59. The number of amides is 4. The van der Waals surface area contributed by atoms with Gasteiger partial charge in [-0.3, -0.25) is 24.0 Å². The number of nitrogens with two attached hydrogens (primary N) is 2. The number of carboxylic acid groups (broad SMARTS) is 2. The minimum Gasteiger partial charge on any atom is -0.481 e. The summed E-state index contributed by atoms with van der Waals surface area (Å²) in [4.78, 5) is 70.3. The summed E-state index contributed by atoms with van der Waals surface area (Å²) in [6.07, 6.45) is -2.81. The maximum atomic E-state index is 12.6. The third-order valence-electron chi connectivity index (χ3n) is 4.10. The molecule has 0 aromatic carbocycles. The van der Waals surface area contributed by atoms with Gasteiger partial charge in [-0.25, -0.2) is 4.79 Å². The highest BCUT2D eigenvalue weighted by atomic mass is 16.4. The van der Waals surface area contributed by atoms with E-state index in [0.29, 0.717) is 0 Å². The van der Waals surface area contributed by atoms with Crippen molar-refractivity contribution >= 4 is 35.6 Å². The monoisotopic (exact) mass is 447 g/mol. The van der Waals surface area contributed by atoms with Crippen LogP contribution < -0.4 is 27.4 Å². The zero-order valence-electron chi connectivity index (χ0n) is 17.3. The van der Waals surface area contributed by atoms with Crippen LogP contribution in [0.25, 0.3) is 0 Å². The smallest absolute Gasteiger partial charge is 0.326 e. The summed E-state index contributed by atoms with van der Waals surface area (Å²) in [5.74, 6) is -7.53. The number of hydrogen-bond acceptors (Lipinski definition) is 8. The molecule has 0 unspecified atom stereocenters. The van der Waals surface area contributed by atoms with Gasteiger partial charge in [0.1, 0.15) is 24.2 Å². The number of nitrogens with one attached hydrogen (secondary N) is 3. The number of hydrogen-bond donors (Lipinski definition) is 8. The van der Waals surface area contributed by atoms with Crippen LogP contribution in [0, 0.1) is 5.92 Å². The van der Waals surface area contributed by atoms with Crippen LogP contribution in [-0.4, -0.2) is 81.2 Å². The molecule has 0 heterocycles. The number of aliphatic carboxylic acids is 2. The molecule has 31 heavy (non-hydrogen) atoms. The Balaban J connectivity index is 5.48. The predicted octanol–water partition coefficient (Wildman–Crippen LogP) is -3.76. The molecule has 0 aliphatic carbocycles. The van der Waals surface area contributed by atoms with Crippen LogP contribution in [0.2, 0.25) is 0 Å². The normalized spacial score (nSPS) is 15.7. The first kappa shape index (κ1) is 27.7. The van der Waals surface area contributed by atoms with Gasteiger partial charge >= 0.3 is 11.9 Å². The van der Waals surface area contributed by atoms with Gasteiger partial charge in [0.25, 0.3) is 0 Å². The standard InChI is InChI=1S/C17H29N5O9/c1-6(2)13(16(29)21-9(17(30)31)4-10(18)24)22-14(27)8(5-11(25)26)20-15(28)12(19)7(3)23/h6-9,12-13,23H,4-5,19H2,1-3H3,(H2,18,24)(H,20,28)(H,21,29)(H,22,27)(H,25,26)(H,30,31)/t7-,8+,9+,12+,13+/m1/s1. The van der Waals surface area contributed by atoms with E-state index in [1.54, 1.807) is 0 Å². The molecule has 0 saturated heterocycles. The van der Waals surface area contributed by atoms with E-state index in [9.17, 15) is 33.9 Å². The lowest BCUT2D eigenvalue weighted by atomic mass is 10.0. The summed E-state index contributed by atoms with van der Waals surface area (Å²) in [6.45, 7) is 4.26. The first-order chi connectivity index (χ1) is 14.2. The van der Waals surface area contributed by atoms with Crippen LogP contribution in [0.15, 0.2) is 0 Å². The second-order valence-electron chi connectivity index (χ2n) is 7.23. The van der Waals surface area contributed by atoms with Gasteiger partial charge in [-0.1, -0.05) is 13.8 Å². The molecule has 0 aliphatic heterocycles. The molecule has 0 rings (SSSR count). The van der Waals surface area contributed by atoms with E-state index in [-0.39, 0.29) is 0 Å². The van der Waals surface area contributed by atoms with Crippen molar-refractivity contribution in [1.29, 1.82) is 0 Å². The number of carbonyl (C=O) groups is 6. The van der Waals surface area contributed by atoms with Gasteiger partial charge in [-0.2, -0.15) is 0 Å². The molecule has 0 fully saturated rings. The average molecular weight is 447 g/mol. The Bertz CT molecular complexity index is 710. The second-order valence-corrected chi connectivity index (χ2v) is 7.23. The van der Waals surface area contributed by atoms with E-state index in [1.165, 1.54) is 20.8 Å². The molecule has 176 valence electrons. The molecule has 10 N–H and O–H groups in total. The summed E-state index contributed by atoms with van der Waals surface area (Å²) < 4.78 is 0. The molecule has 0 spiro atoms. The summed E-state index contributed by atoms with van der Waals surface area (Å²) in [5.41, 5.74) is 10.4. The van der Waals surface area contributed by atoms with Crippen molar-refractivity contribution in [3.8, 4) is 0 Å². The molecule has 0 radical (unpaired) electrons. The van der Waals surface area contributed by atoms with Crippen molar-refractivity contribution in [1.82, 2.24) is 16.0 Å². The van der Waals surface area contributed by atoms with E-state index < -0.39 is 84.6 Å². The molecule has 0 aromatic rings. The van der Waals surface area contributed by atoms with Crippen molar-refractivity contribution in [2.45, 2.75) is 63.9 Å². The molecule has 5 atom stereocenters. The summed E-state index contributed by atoms with van der Waals surface area (Å²) in [6, 6.07) is -6.04. The van der Waals surface area contributed by atoms with Crippen LogP contribution in [-0.2, 0) is 28.8 Å². The number of aliphatic hydroxyl groups is 1. The molecule has 0 bridgehead atoms. The Kier molecular flexibility index (Phi) is 11.1. The van der Waals surface area contributed by atoms with Gasteiger partial charge in [0.15, 0.2) is 0 Å². The molecule has 14 nitrogen and oxygen atoms in total. The van der Waals surface area contributed by atoms with Crippen LogP contribution in [0.3, 0.4) is 0 Å². The quantitative estimate of drug-likeness (QED) is 0.137. The summed E-state index contributed by atoms with van der Waals surface area (Å²) >= 11 is 0. The van der Waals surface area contributed by atoms with Crippen LogP contribution in [0.4, 0.5) is 0 Å². The Morgan fingerprint density at radius 1 is 0.806 bits per heavy atom. The van der Waals surface area contributed by atoms with Crippen molar-refractivity contribution in [3.05, 3.63) is 0 Å². The number of carboxylic acids is 2. The molecule has 0 aliphatic rings. The summed E-state index contributed by atoms with van der Waals surface area (Å²) in [5, 5.41) is 33.9. The van der Waals surface area contributed by atoms with Crippen molar-refractivity contribution in [3.63, 3.8) is 0 Å². The Morgan fingerprint density at radius 2 is 1.32 bits per heavy atom. The highest BCUT2D eigenvalue weighted by Crippen LogP contribution is 2.06. The largest absolute Gasteiger partial charge is 0.481 e. The van der Waals surface area contributed by atoms with Gasteiger partial charge in [-0.05, 0) is 12.8 Å². The van der Waals surface area contributed by atoms with Gasteiger partial charge in [0.2, 0.25) is 23.6 Å². The Morgan fingerprint density at radius 3 is 1.71 bits per heavy atom. The molecule has 4 amide bonds. The number of rotatable bonds is 13. The van der Waals surface area contributed by atoms with E-state index in [0.717, 1.165) is 0 Å². The first-order valence-electron chi connectivity index (χ1n) is 9.25. The fraction of sp³-hybridized carbons (Fsp3) is 0.647. The molecule has 0 aromatic heterocycles. The van der Waals surface area contributed by atoms with Gasteiger partial charge in [0.05, 0.1) is 18.9 Å². The van der Waals surface area contributed by atoms with Crippen molar-refractivity contribution < 1.29 is 44.1 Å². The van der Waals surface area contributed by atoms with Crippen molar-refractivity contribution in [2.75, 3.05) is 0 Å². The van der Waals surface area contributed by atoms with E-state index in [2.05, 4.69) is 16.0 Å². The third kappa shape index (κ3) is 9.86. The minimum absolute atomic E-state index is 0.590. The second kappa shape index (κ2) is 12.4. The van der Waals surface area contributed by atoms with Crippen molar-refractivity contribution in [2.24, 2.45) is 17.4 Å². The van der Waals surface area contributed by atoms with Crippen LogP contribution >= 0.6 is 0 Å². The number of aliphatic hydroxyl groups excluding tert-OH is 1. The Hall–Kier alpha value is -3.26. The highest BCUT2D eigenvalue weighted by Gasteiger charge is 2.33. The lowest BCUT2D eigenvalue weighted by molar-refractivity contribution is -0.144. The van der Waals surface area contributed by atoms with Gasteiger partial charge < -0.3 is 42.7 Å². The van der Waals surface area contributed by atoms with Gasteiger partial charge in [-0.15, -0.1) is 0 Å². The van der Waals surface area contributed by atoms with Gasteiger partial charge in [0, 0.05) is 0 Å². The van der Waals surface area contributed by atoms with Crippen LogP contribution in [0.5, 0.6) is 0 Å².